The van der Waals surface area contributed by atoms with E-state index in [9.17, 15) is 8.42 Å². The van der Waals surface area contributed by atoms with Gasteiger partial charge in [0.1, 0.15) is 6.61 Å². The van der Waals surface area contributed by atoms with E-state index in [0.717, 1.165) is 5.56 Å². The molecule has 0 aliphatic rings. The van der Waals surface area contributed by atoms with Crippen LogP contribution in [0.4, 0.5) is 5.82 Å². The highest BCUT2D eigenvalue weighted by molar-refractivity contribution is 7.92. The van der Waals surface area contributed by atoms with Gasteiger partial charge in [0.2, 0.25) is 11.7 Å². The van der Waals surface area contributed by atoms with Gasteiger partial charge in [-0.3, -0.25) is 14.1 Å². The first kappa shape index (κ1) is 19.2. The Morgan fingerprint density at radius 2 is 2.00 bits per heavy atom. The molecular weight excluding hydrogens is 414 g/mol. The maximum Gasteiger partial charge on any atom is 0.263 e. The van der Waals surface area contributed by atoms with E-state index in [2.05, 4.69) is 19.7 Å². The molecule has 10 heteroatoms. The van der Waals surface area contributed by atoms with E-state index in [0.29, 0.717) is 16.2 Å². The van der Waals surface area contributed by atoms with Gasteiger partial charge in [-0.05, 0) is 30.7 Å². The second kappa shape index (κ2) is 7.69. The standard InChI is InChI=1S/C19H16ClN5O3S/c1-13-15(20)5-2-6-16(13)29(26,27)24-18-19(25-9-8-22-17(25)11-23-18)28-12-14-4-3-7-21-10-14/h2-11,24H,12H2,1H3. The van der Waals surface area contributed by atoms with Crippen LogP contribution in [0.15, 0.2) is 66.2 Å². The van der Waals surface area contributed by atoms with Crippen LogP contribution in [0.3, 0.4) is 0 Å². The maximum atomic E-state index is 13.0. The first-order valence-electron chi connectivity index (χ1n) is 8.57. The Kier molecular flexibility index (Phi) is 5.08. The minimum Gasteiger partial charge on any atom is -0.471 e. The molecule has 0 fully saturated rings. The first-order valence-corrected chi connectivity index (χ1v) is 10.4. The topological polar surface area (TPSA) is 98.5 Å². The highest BCUT2D eigenvalue weighted by atomic mass is 35.5. The smallest absolute Gasteiger partial charge is 0.263 e. The molecule has 3 aromatic heterocycles. The van der Waals surface area contributed by atoms with Crippen LogP contribution in [0.25, 0.3) is 5.65 Å². The highest BCUT2D eigenvalue weighted by Gasteiger charge is 2.22. The number of pyridine rings is 1. The average molecular weight is 430 g/mol. The highest BCUT2D eigenvalue weighted by Crippen LogP contribution is 2.29. The summed E-state index contributed by atoms with van der Waals surface area (Å²) < 4.78 is 36.0. The van der Waals surface area contributed by atoms with E-state index < -0.39 is 10.0 Å². The molecule has 1 N–H and O–H groups in total. The minimum absolute atomic E-state index is 0.0405. The van der Waals surface area contributed by atoms with E-state index in [1.54, 1.807) is 54.3 Å². The van der Waals surface area contributed by atoms with Gasteiger partial charge in [0.25, 0.3) is 10.0 Å². The Labute approximate surface area is 172 Å². The van der Waals surface area contributed by atoms with Crippen molar-refractivity contribution in [3.8, 4) is 5.88 Å². The van der Waals surface area contributed by atoms with Gasteiger partial charge < -0.3 is 4.74 Å². The summed E-state index contributed by atoms with van der Waals surface area (Å²) in [7, 11) is -3.95. The fourth-order valence-electron chi connectivity index (χ4n) is 2.78. The van der Waals surface area contributed by atoms with Gasteiger partial charge in [-0.2, -0.15) is 0 Å². The number of sulfonamides is 1. The number of aromatic nitrogens is 4. The number of imidazole rings is 1. The minimum atomic E-state index is -3.95. The van der Waals surface area contributed by atoms with Crippen LogP contribution in [0.5, 0.6) is 5.88 Å². The summed E-state index contributed by atoms with van der Waals surface area (Å²) in [6.45, 7) is 1.82. The molecule has 1 aromatic carbocycles. The van der Waals surface area contributed by atoms with Gasteiger partial charge >= 0.3 is 0 Å². The van der Waals surface area contributed by atoms with Gasteiger partial charge in [0, 0.05) is 35.4 Å². The predicted molar refractivity (Wildman–Crippen MR) is 109 cm³/mol. The fourth-order valence-corrected chi connectivity index (χ4v) is 4.28. The van der Waals surface area contributed by atoms with Crippen molar-refractivity contribution in [3.63, 3.8) is 0 Å². The average Bonchev–Trinajstić information content (AvgIpc) is 3.18. The Balaban J connectivity index is 1.72. The molecular formula is C19H16ClN5O3S. The lowest BCUT2D eigenvalue weighted by atomic mass is 10.2. The molecule has 3 heterocycles. The molecule has 4 rings (SSSR count). The molecule has 148 valence electrons. The third kappa shape index (κ3) is 3.87. The van der Waals surface area contributed by atoms with Crippen LogP contribution in [0, 0.1) is 6.92 Å². The second-order valence-corrected chi connectivity index (χ2v) is 8.24. The summed E-state index contributed by atoms with van der Waals surface area (Å²) in [6, 6.07) is 8.34. The molecule has 0 aliphatic carbocycles. The van der Waals surface area contributed by atoms with Crippen LogP contribution >= 0.6 is 11.6 Å². The van der Waals surface area contributed by atoms with Gasteiger partial charge in [-0.1, -0.05) is 23.7 Å². The van der Waals surface area contributed by atoms with Crippen molar-refractivity contribution in [1.82, 2.24) is 19.4 Å². The molecule has 0 radical (unpaired) electrons. The van der Waals surface area contributed by atoms with Crippen molar-refractivity contribution < 1.29 is 13.2 Å². The SMILES string of the molecule is Cc1c(Cl)cccc1S(=O)(=O)Nc1ncc2nccn2c1OCc1cccnc1. The molecule has 0 unspecified atom stereocenters. The van der Waals surface area contributed by atoms with E-state index in [-0.39, 0.29) is 23.2 Å². The fraction of sp³-hybridized carbons (Fsp3) is 0.105. The summed E-state index contributed by atoms with van der Waals surface area (Å²) in [5.74, 6) is 0.255. The van der Waals surface area contributed by atoms with E-state index >= 15 is 0 Å². The normalized spacial score (nSPS) is 11.5. The molecule has 0 amide bonds. The van der Waals surface area contributed by atoms with Crippen LogP contribution < -0.4 is 9.46 Å². The molecule has 8 nitrogen and oxygen atoms in total. The zero-order valence-electron chi connectivity index (χ0n) is 15.3. The van der Waals surface area contributed by atoms with Crippen molar-refractivity contribution in [2.24, 2.45) is 0 Å². The quantitative estimate of drug-likeness (QED) is 0.504. The number of hydrogen-bond acceptors (Lipinski definition) is 6. The van der Waals surface area contributed by atoms with Gasteiger partial charge in [0.05, 0.1) is 11.1 Å². The Bertz CT molecular complexity index is 1280. The van der Waals surface area contributed by atoms with Crippen LogP contribution in [-0.4, -0.2) is 27.8 Å². The van der Waals surface area contributed by atoms with Crippen molar-refractivity contribution >= 4 is 33.1 Å². The number of ether oxygens (including phenoxy) is 1. The Morgan fingerprint density at radius 1 is 1.14 bits per heavy atom. The Morgan fingerprint density at radius 3 is 2.79 bits per heavy atom. The monoisotopic (exact) mass is 429 g/mol. The van der Waals surface area contributed by atoms with Gasteiger partial charge in [-0.25, -0.2) is 18.4 Å². The predicted octanol–water partition coefficient (Wildman–Crippen LogP) is 3.47. The second-order valence-electron chi connectivity index (χ2n) is 6.19. The summed E-state index contributed by atoms with van der Waals surface area (Å²) in [5, 5.41) is 0.360. The van der Waals surface area contributed by atoms with Gasteiger partial charge in [0.15, 0.2) is 5.65 Å². The number of halogens is 1. The number of rotatable bonds is 6. The largest absolute Gasteiger partial charge is 0.471 e. The van der Waals surface area contributed by atoms with Crippen LogP contribution in [0.2, 0.25) is 5.02 Å². The molecule has 29 heavy (non-hydrogen) atoms. The number of nitrogens with zero attached hydrogens (tertiary/aromatic N) is 4. The number of nitrogens with one attached hydrogen (secondary N) is 1. The van der Waals surface area contributed by atoms with Crippen molar-refractivity contribution in [3.05, 3.63) is 77.5 Å². The van der Waals surface area contributed by atoms with Crippen LogP contribution in [-0.2, 0) is 16.6 Å². The number of anilines is 1. The van der Waals surface area contributed by atoms with Crippen molar-refractivity contribution in [2.45, 2.75) is 18.4 Å². The molecule has 4 aromatic rings. The lowest BCUT2D eigenvalue weighted by Crippen LogP contribution is -2.17. The van der Waals surface area contributed by atoms with E-state index in [4.69, 9.17) is 16.3 Å². The van der Waals surface area contributed by atoms with Gasteiger partial charge in [-0.15, -0.1) is 0 Å². The first-order chi connectivity index (χ1) is 14.0. The zero-order valence-corrected chi connectivity index (χ0v) is 16.9. The van der Waals surface area contributed by atoms with E-state index in [1.807, 2.05) is 6.07 Å². The summed E-state index contributed by atoms with van der Waals surface area (Å²) >= 11 is 6.08. The van der Waals surface area contributed by atoms with Crippen LogP contribution in [0.1, 0.15) is 11.1 Å². The maximum absolute atomic E-state index is 13.0. The number of hydrogen-bond donors (Lipinski definition) is 1. The third-order valence-electron chi connectivity index (χ3n) is 4.24. The lowest BCUT2D eigenvalue weighted by Gasteiger charge is -2.15. The summed E-state index contributed by atoms with van der Waals surface area (Å²) in [5.41, 5.74) is 1.79. The number of benzene rings is 1. The van der Waals surface area contributed by atoms with Crippen molar-refractivity contribution in [2.75, 3.05) is 4.72 Å². The van der Waals surface area contributed by atoms with Crippen molar-refractivity contribution in [1.29, 1.82) is 0 Å². The molecule has 0 aliphatic heterocycles. The zero-order chi connectivity index (χ0) is 20.4. The molecule has 0 atom stereocenters. The van der Waals surface area contributed by atoms with E-state index in [1.165, 1.54) is 12.3 Å². The Hall–Kier alpha value is -3.17. The molecule has 0 saturated heterocycles. The third-order valence-corrected chi connectivity index (χ3v) is 6.13. The molecule has 0 spiro atoms. The lowest BCUT2D eigenvalue weighted by molar-refractivity contribution is 0.290. The number of fused-ring (bicyclic) bond motifs is 1. The molecule has 0 bridgehead atoms. The summed E-state index contributed by atoms with van der Waals surface area (Å²) in [6.07, 6.45) is 8.03. The summed E-state index contributed by atoms with van der Waals surface area (Å²) in [4.78, 5) is 12.5. The molecule has 0 saturated carbocycles.